The van der Waals surface area contributed by atoms with Crippen LogP contribution in [0, 0.1) is 11.3 Å². The maximum atomic E-state index is 8.51. The average molecular weight is 188 g/mol. The molecule has 2 aromatic rings. The topological polar surface area (TPSA) is 74.6 Å². The summed E-state index contributed by atoms with van der Waals surface area (Å²) < 4.78 is 5.12. The Morgan fingerprint density at radius 2 is 2.50 bits per heavy atom. The summed E-state index contributed by atoms with van der Waals surface area (Å²) in [4.78, 5) is 11.2. The van der Waals surface area contributed by atoms with Crippen molar-refractivity contribution >= 4 is 11.2 Å². The molecule has 0 atom stereocenters. The van der Waals surface area contributed by atoms with Crippen LogP contribution < -0.4 is 4.74 Å². The molecule has 2 heterocycles. The Balaban J connectivity index is 2.59. The fraction of sp³-hybridized carbons (Fsp3) is 0.222. The molecule has 70 valence electrons. The van der Waals surface area contributed by atoms with Gasteiger partial charge in [0.2, 0.25) is 0 Å². The fourth-order valence-corrected chi connectivity index (χ4v) is 1.26. The predicted octanol–water partition coefficient (Wildman–Crippen LogP) is 1.03. The Labute approximate surface area is 80.4 Å². The summed E-state index contributed by atoms with van der Waals surface area (Å²) in [5.74, 6) is 1.30. The summed E-state index contributed by atoms with van der Waals surface area (Å²) in [6.45, 7) is 0. The van der Waals surface area contributed by atoms with E-state index in [2.05, 4.69) is 15.0 Å². The van der Waals surface area contributed by atoms with Gasteiger partial charge in [-0.2, -0.15) is 5.26 Å². The summed E-state index contributed by atoms with van der Waals surface area (Å²) in [5.41, 5.74) is 1.31. The van der Waals surface area contributed by atoms with Crippen molar-refractivity contribution in [3.05, 3.63) is 18.1 Å². The van der Waals surface area contributed by atoms with Gasteiger partial charge in [-0.05, 0) is 0 Å². The molecular formula is C9H8N4O. The van der Waals surface area contributed by atoms with E-state index < -0.39 is 0 Å². The zero-order chi connectivity index (χ0) is 9.97. The van der Waals surface area contributed by atoms with Crippen molar-refractivity contribution in [3.8, 4) is 11.8 Å². The van der Waals surface area contributed by atoms with Crippen molar-refractivity contribution in [3.63, 3.8) is 0 Å². The minimum absolute atomic E-state index is 0.250. The van der Waals surface area contributed by atoms with Crippen LogP contribution in [0.4, 0.5) is 0 Å². The predicted molar refractivity (Wildman–Crippen MR) is 49.8 cm³/mol. The largest absolute Gasteiger partial charge is 0.494 e. The summed E-state index contributed by atoms with van der Waals surface area (Å²) in [6, 6.07) is 3.77. The first-order valence-electron chi connectivity index (χ1n) is 4.09. The summed E-state index contributed by atoms with van der Waals surface area (Å²) in [6.07, 6.45) is 1.87. The smallest absolute Gasteiger partial charge is 0.181 e. The van der Waals surface area contributed by atoms with E-state index in [1.54, 1.807) is 19.4 Å². The van der Waals surface area contributed by atoms with E-state index in [-0.39, 0.29) is 6.42 Å². The highest BCUT2D eigenvalue weighted by Gasteiger charge is 2.07. The minimum Gasteiger partial charge on any atom is -0.494 e. The molecule has 0 spiro atoms. The number of fused-ring (bicyclic) bond motifs is 1. The number of hydrogen-bond donors (Lipinski definition) is 1. The fourth-order valence-electron chi connectivity index (χ4n) is 1.26. The van der Waals surface area contributed by atoms with Gasteiger partial charge in [0.1, 0.15) is 17.1 Å². The lowest BCUT2D eigenvalue weighted by Gasteiger charge is -1.97. The molecule has 0 aliphatic heterocycles. The second kappa shape index (κ2) is 3.34. The van der Waals surface area contributed by atoms with Gasteiger partial charge in [-0.3, -0.25) is 0 Å². The van der Waals surface area contributed by atoms with E-state index >= 15 is 0 Å². The Kier molecular flexibility index (Phi) is 2.03. The molecule has 0 aliphatic carbocycles. The maximum absolute atomic E-state index is 8.51. The number of nitrogens with one attached hydrogen (secondary N) is 1. The summed E-state index contributed by atoms with van der Waals surface area (Å²) >= 11 is 0. The van der Waals surface area contributed by atoms with Gasteiger partial charge in [-0.15, -0.1) is 0 Å². The van der Waals surface area contributed by atoms with E-state index in [0.29, 0.717) is 17.2 Å². The second-order valence-electron chi connectivity index (χ2n) is 2.73. The first-order chi connectivity index (χ1) is 6.85. The number of H-pyrrole nitrogens is 1. The van der Waals surface area contributed by atoms with Crippen molar-refractivity contribution in [2.24, 2.45) is 0 Å². The zero-order valence-corrected chi connectivity index (χ0v) is 7.61. The van der Waals surface area contributed by atoms with Crippen LogP contribution >= 0.6 is 0 Å². The van der Waals surface area contributed by atoms with Gasteiger partial charge in [-0.25, -0.2) is 9.97 Å². The number of imidazole rings is 1. The quantitative estimate of drug-likeness (QED) is 0.763. The highest BCUT2D eigenvalue weighted by atomic mass is 16.5. The van der Waals surface area contributed by atoms with Crippen LogP contribution in [0.1, 0.15) is 5.82 Å². The third-order valence-corrected chi connectivity index (χ3v) is 1.87. The van der Waals surface area contributed by atoms with E-state index in [1.165, 1.54) is 0 Å². The number of hydrogen-bond acceptors (Lipinski definition) is 4. The number of aromatic amines is 1. The second-order valence-corrected chi connectivity index (χ2v) is 2.73. The van der Waals surface area contributed by atoms with Crippen molar-refractivity contribution in [2.45, 2.75) is 6.42 Å². The summed E-state index contributed by atoms with van der Waals surface area (Å²) in [7, 11) is 1.58. The lowest BCUT2D eigenvalue weighted by atomic mass is 10.4. The molecule has 0 radical (unpaired) electrons. The van der Waals surface area contributed by atoms with Crippen LogP contribution in [0.5, 0.6) is 5.75 Å². The van der Waals surface area contributed by atoms with Gasteiger partial charge in [0.25, 0.3) is 0 Å². The lowest BCUT2D eigenvalue weighted by Crippen LogP contribution is -1.85. The van der Waals surface area contributed by atoms with Gasteiger partial charge >= 0.3 is 0 Å². The molecule has 0 saturated heterocycles. The third-order valence-electron chi connectivity index (χ3n) is 1.87. The Bertz CT molecular complexity index is 497. The molecule has 5 nitrogen and oxygen atoms in total. The van der Waals surface area contributed by atoms with Crippen LogP contribution in [0.2, 0.25) is 0 Å². The van der Waals surface area contributed by atoms with E-state index in [0.717, 1.165) is 5.52 Å². The first kappa shape index (κ1) is 8.51. The zero-order valence-electron chi connectivity index (χ0n) is 7.61. The van der Waals surface area contributed by atoms with Crippen LogP contribution in [0.3, 0.4) is 0 Å². The Hall–Kier alpha value is -2.09. The highest BCUT2D eigenvalue weighted by Crippen LogP contribution is 2.20. The number of rotatable bonds is 2. The maximum Gasteiger partial charge on any atom is 0.181 e. The molecule has 0 amide bonds. The van der Waals surface area contributed by atoms with E-state index in [4.69, 9.17) is 10.00 Å². The van der Waals surface area contributed by atoms with Crippen molar-refractivity contribution in [1.29, 1.82) is 5.26 Å². The first-order valence-corrected chi connectivity index (χ1v) is 4.09. The summed E-state index contributed by atoms with van der Waals surface area (Å²) in [5, 5.41) is 8.51. The molecule has 0 aliphatic rings. The number of nitrogens with zero attached hydrogens (tertiary/aromatic N) is 3. The van der Waals surface area contributed by atoms with Gasteiger partial charge in [0, 0.05) is 12.3 Å². The molecule has 0 bridgehead atoms. The molecule has 0 aromatic carbocycles. The number of ether oxygens (including phenoxy) is 1. The number of methoxy groups -OCH3 is 1. The van der Waals surface area contributed by atoms with Crippen LogP contribution in [0.15, 0.2) is 12.3 Å². The molecule has 0 saturated carbocycles. The Morgan fingerprint density at radius 3 is 3.21 bits per heavy atom. The van der Waals surface area contributed by atoms with E-state index in [1.807, 2.05) is 6.07 Å². The van der Waals surface area contributed by atoms with Gasteiger partial charge in [-0.1, -0.05) is 0 Å². The van der Waals surface area contributed by atoms with Gasteiger partial charge in [0.05, 0.1) is 19.6 Å². The van der Waals surface area contributed by atoms with Gasteiger partial charge < -0.3 is 9.72 Å². The van der Waals surface area contributed by atoms with Crippen LogP contribution in [-0.4, -0.2) is 22.1 Å². The Morgan fingerprint density at radius 1 is 1.64 bits per heavy atom. The standard InChI is InChI=1S/C9H8N4O/c1-14-6-3-5-11-9-8(6)12-7(13-9)2-4-10/h3,5H,2H2,1H3,(H,11,12,13). The lowest BCUT2D eigenvalue weighted by molar-refractivity contribution is 0.418. The minimum atomic E-state index is 0.250. The third kappa shape index (κ3) is 1.27. The molecule has 2 rings (SSSR count). The van der Waals surface area contributed by atoms with Crippen molar-refractivity contribution in [1.82, 2.24) is 15.0 Å². The van der Waals surface area contributed by atoms with Crippen LogP contribution in [-0.2, 0) is 6.42 Å². The number of pyridine rings is 1. The van der Waals surface area contributed by atoms with Crippen LogP contribution in [0.25, 0.3) is 11.2 Å². The molecule has 0 unspecified atom stereocenters. The van der Waals surface area contributed by atoms with Gasteiger partial charge in [0.15, 0.2) is 5.65 Å². The molecule has 0 fully saturated rings. The highest BCUT2D eigenvalue weighted by molar-refractivity contribution is 5.77. The molecule has 1 N–H and O–H groups in total. The van der Waals surface area contributed by atoms with Crippen molar-refractivity contribution in [2.75, 3.05) is 7.11 Å². The normalized spacial score (nSPS) is 10.0. The number of nitriles is 1. The molecule has 5 heteroatoms. The SMILES string of the molecule is COc1ccnc2nc(CC#N)[nH]c12. The van der Waals surface area contributed by atoms with Crippen molar-refractivity contribution < 1.29 is 4.74 Å². The molecule has 2 aromatic heterocycles. The molecular weight excluding hydrogens is 180 g/mol. The number of aromatic nitrogens is 3. The molecule has 14 heavy (non-hydrogen) atoms. The monoisotopic (exact) mass is 188 g/mol. The van der Waals surface area contributed by atoms with E-state index in [9.17, 15) is 0 Å². The average Bonchev–Trinajstić information content (AvgIpc) is 2.60.